The molecular formula is C17H34N2O2. The lowest BCUT2D eigenvalue weighted by Gasteiger charge is -2.19. The maximum atomic E-state index is 12.3. The number of hydrogen-bond donors (Lipinski definition) is 2. The molecule has 2 atom stereocenters. The molecule has 21 heavy (non-hydrogen) atoms. The SMILES string of the molecule is CCCCCCCC(CCCC)C(=O)NC(C)C(=O)NC. The van der Waals surface area contributed by atoms with Gasteiger partial charge in [-0.25, -0.2) is 0 Å². The molecule has 0 bridgehead atoms. The summed E-state index contributed by atoms with van der Waals surface area (Å²) < 4.78 is 0. The van der Waals surface area contributed by atoms with Gasteiger partial charge in [-0.05, 0) is 19.8 Å². The Hall–Kier alpha value is -1.06. The Balaban J connectivity index is 4.24. The minimum atomic E-state index is -0.452. The molecular weight excluding hydrogens is 264 g/mol. The minimum absolute atomic E-state index is 0.0371. The molecule has 0 aliphatic rings. The Labute approximate surface area is 130 Å². The Kier molecular flexibility index (Phi) is 12.0. The van der Waals surface area contributed by atoms with Gasteiger partial charge in [0.2, 0.25) is 11.8 Å². The molecule has 0 aliphatic carbocycles. The van der Waals surface area contributed by atoms with Gasteiger partial charge >= 0.3 is 0 Å². The van der Waals surface area contributed by atoms with Crippen LogP contribution in [0, 0.1) is 5.92 Å². The lowest BCUT2D eigenvalue weighted by Crippen LogP contribution is -2.45. The summed E-state index contributed by atoms with van der Waals surface area (Å²) >= 11 is 0. The van der Waals surface area contributed by atoms with Crippen molar-refractivity contribution >= 4 is 11.8 Å². The normalized spacial score (nSPS) is 13.5. The third-order valence-corrected chi connectivity index (χ3v) is 3.93. The van der Waals surface area contributed by atoms with Crippen molar-refractivity contribution in [3.8, 4) is 0 Å². The highest BCUT2D eigenvalue weighted by molar-refractivity contribution is 5.87. The Bertz CT molecular complexity index is 293. The fraction of sp³-hybridized carbons (Fsp3) is 0.882. The average Bonchev–Trinajstić information content (AvgIpc) is 2.48. The van der Waals surface area contributed by atoms with Gasteiger partial charge in [0.1, 0.15) is 6.04 Å². The van der Waals surface area contributed by atoms with E-state index in [-0.39, 0.29) is 17.7 Å². The number of carbonyl (C=O) groups excluding carboxylic acids is 2. The molecule has 0 aliphatic heterocycles. The molecule has 0 saturated heterocycles. The van der Waals surface area contributed by atoms with Crippen LogP contribution in [0.1, 0.15) is 78.6 Å². The average molecular weight is 298 g/mol. The van der Waals surface area contributed by atoms with Crippen molar-refractivity contribution in [1.82, 2.24) is 10.6 Å². The summed E-state index contributed by atoms with van der Waals surface area (Å²) in [6.45, 7) is 6.08. The number of nitrogens with one attached hydrogen (secondary N) is 2. The molecule has 2 amide bonds. The summed E-state index contributed by atoms with van der Waals surface area (Å²) in [6, 6.07) is -0.452. The molecule has 4 nitrogen and oxygen atoms in total. The lowest BCUT2D eigenvalue weighted by atomic mass is 9.94. The van der Waals surface area contributed by atoms with Gasteiger partial charge < -0.3 is 10.6 Å². The standard InChI is InChI=1S/C17H34N2O2/c1-5-7-9-10-11-13-15(12-8-6-2)17(21)19-14(3)16(20)18-4/h14-15H,5-13H2,1-4H3,(H,18,20)(H,19,21). The lowest BCUT2D eigenvalue weighted by molar-refractivity contribution is -0.130. The zero-order valence-electron chi connectivity index (χ0n) is 14.3. The maximum absolute atomic E-state index is 12.3. The molecule has 0 aromatic rings. The van der Waals surface area contributed by atoms with E-state index in [4.69, 9.17) is 0 Å². The first kappa shape index (κ1) is 19.9. The molecule has 0 rings (SSSR count). The number of likely N-dealkylation sites (N-methyl/N-ethyl adjacent to an activating group) is 1. The first-order chi connectivity index (χ1) is 10.1. The topological polar surface area (TPSA) is 58.2 Å². The Morgan fingerprint density at radius 1 is 0.857 bits per heavy atom. The first-order valence-electron chi connectivity index (χ1n) is 8.58. The van der Waals surface area contributed by atoms with Crippen molar-refractivity contribution in [2.75, 3.05) is 7.05 Å². The maximum Gasteiger partial charge on any atom is 0.242 e. The molecule has 0 heterocycles. The molecule has 0 saturated carbocycles. The molecule has 0 fully saturated rings. The van der Waals surface area contributed by atoms with E-state index < -0.39 is 6.04 Å². The largest absolute Gasteiger partial charge is 0.357 e. The number of hydrogen-bond acceptors (Lipinski definition) is 2. The van der Waals surface area contributed by atoms with Gasteiger partial charge in [0.05, 0.1) is 0 Å². The summed E-state index contributed by atoms with van der Waals surface area (Å²) in [7, 11) is 1.59. The highest BCUT2D eigenvalue weighted by atomic mass is 16.2. The fourth-order valence-corrected chi connectivity index (χ4v) is 2.46. The summed E-state index contributed by atoms with van der Waals surface area (Å²) in [4.78, 5) is 23.8. The van der Waals surface area contributed by atoms with Gasteiger partial charge in [0, 0.05) is 13.0 Å². The van der Waals surface area contributed by atoms with E-state index >= 15 is 0 Å². The summed E-state index contributed by atoms with van der Waals surface area (Å²) in [5.74, 6) is -0.0470. The van der Waals surface area contributed by atoms with E-state index in [1.165, 1.54) is 25.7 Å². The second kappa shape index (κ2) is 12.7. The molecule has 0 aromatic heterocycles. The van der Waals surface area contributed by atoms with Crippen molar-refractivity contribution in [3.05, 3.63) is 0 Å². The molecule has 0 radical (unpaired) electrons. The summed E-state index contributed by atoms with van der Waals surface area (Å²) in [5, 5.41) is 5.41. The van der Waals surface area contributed by atoms with Crippen LogP contribution >= 0.6 is 0 Å². The van der Waals surface area contributed by atoms with Crippen LogP contribution in [0.3, 0.4) is 0 Å². The quantitative estimate of drug-likeness (QED) is 0.542. The zero-order valence-corrected chi connectivity index (χ0v) is 14.3. The molecule has 124 valence electrons. The molecule has 0 spiro atoms. The van der Waals surface area contributed by atoms with Crippen molar-refractivity contribution in [2.45, 2.75) is 84.6 Å². The van der Waals surface area contributed by atoms with Crippen molar-refractivity contribution < 1.29 is 9.59 Å². The molecule has 2 unspecified atom stereocenters. The number of amides is 2. The summed E-state index contributed by atoms with van der Waals surface area (Å²) in [5.41, 5.74) is 0. The minimum Gasteiger partial charge on any atom is -0.357 e. The summed E-state index contributed by atoms with van der Waals surface area (Å²) in [6.07, 6.45) is 10.1. The number of rotatable bonds is 12. The van der Waals surface area contributed by atoms with E-state index in [0.717, 1.165) is 32.1 Å². The van der Waals surface area contributed by atoms with Crippen molar-refractivity contribution in [2.24, 2.45) is 5.92 Å². The van der Waals surface area contributed by atoms with Crippen LogP contribution in [0.4, 0.5) is 0 Å². The monoisotopic (exact) mass is 298 g/mol. The molecule has 4 heteroatoms. The van der Waals surface area contributed by atoms with Gasteiger partial charge in [-0.3, -0.25) is 9.59 Å². The predicted octanol–water partition coefficient (Wildman–Crippen LogP) is 3.40. The van der Waals surface area contributed by atoms with Gasteiger partial charge in [-0.2, -0.15) is 0 Å². The van der Waals surface area contributed by atoms with Gasteiger partial charge in [-0.15, -0.1) is 0 Å². The van der Waals surface area contributed by atoms with Gasteiger partial charge in [0.15, 0.2) is 0 Å². The molecule has 2 N–H and O–H groups in total. The zero-order chi connectivity index (χ0) is 16.1. The number of carbonyl (C=O) groups is 2. The van der Waals surface area contributed by atoms with Crippen molar-refractivity contribution in [3.63, 3.8) is 0 Å². The van der Waals surface area contributed by atoms with E-state index in [0.29, 0.717) is 0 Å². The highest BCUT2D eigenvalue weighted by Crippen LogP contribution is 2.18. The van der Waals surface area contributed by atoms with E-state index in [2.05, 4.69) is 24.5 Å². The highest BCUT2D eigenvalue weighted by Gasteiger charge is 2.21. The smallest absolute Gasteiger partial charge is 0.242 e. The number of unbranched alkanes of at least 4 members (excludes halogenated alkanes) is 5. The second-order valence-electron chi connectivity index (χ2n) is 5.89. The van der Waals surface area contributed by atoms with E-state index in [9.17, 15) is 9.59 Å². The van der Waals surface area contributed by atoms with Crippen LogP contribution < -0.4 is 10.6 Å². The van der Waals surface area contributed by atoms with Crippen LogP contribution in [0.15, 0.2) is 0 Å². The first-order valence-corrected chi connectivity index (χ1v) is 8.58. The van der Waals surface area contributed by atoms with Crippen LogP contribution in [0.2, 0.25) is 0 Å². The van der Waals surface area contributed by atoms with Crippen LogP contribution in [0.5, 0.6) is 0 Å². The van der Waals surface area contributed by atoms with E-state index in [1.807, 2.05) is 0 Å². The van der Waals surface area contributed by atoms with Gasteiger partial charge in [0.25, 0.3) is 0 Å². The van der Waals surface area contributed by atoms with Gasteiger partial charge in [-0.1, -0.05) is 58.8 Å². The Morgan fingerprint density at radius 2 is 1.43 bits per heavy atom. The Morgan fingerprint density at radius 3 is 2.00 bits per heavy atom. The van der Waals surface area contributed by atoms with Crippen LogP contribution in [-0.2, 0) is 9.59 Å². The second-order valence-corrected chi connectivity index (χ2v) is 5.89. The fourth-order valence-electron chi connectivity index (χ4n) is 2.46. The van der Waals surface area contributed by atoms with E-state index in [1.54, 1.807) is 14.0 Å². The predicted molar refractivity (Wildman–Crippen MR) is 88.1 cm³/mol. The van der Waals surface area contributed by atoms with Crippen LogP contribution in [-0.4, -0.2) is 24.9 Å². The third-order valence-electron chi connectivity index (χ3n) is 3.93. The van der Waals surface area contributed by atoms with Crippen molar-refractivity contribution in [1.29, 1.82) is 0 Å². The molecule has 0 aromatic carbocycles. The third kappa shape index (κ3) is 9.48. The van der Waals surface area contributed by atoms with Crippen LogP contribution in [0.25, 0.3) is 0 Å².